The first-order valence-corrected chi connectivity index (χ1v) is 16.5. The average Bonchev–Trinajstić information content (AvgIpc) is 3.04. The molecule has 5 rings (SSSR count). The molecule has 0 saturated carbocycles. The van der Waals surface area contributed by atoms with Crippen LogP contribution in [0.5, 0.6) is 11.5 Å². The Balaban J connectivity index is 1.41. The predicted octanol–water partition coefficient (Wildman–Crippen LogP) is 13.9. The van der Waals surface area contributed by atoms with Crippen molar-refractivity contribution in [2.24, 2.45) is 0 Å². The highest BCUT2D eigenvalue weighted by Gasteiger charge is 2.42. The first kappa shape index (κ1) is 41.9. The van der Waals surface area contributed by atoms with Crippen LogP contribution in [0.2, 0.25) is 5.02 Å². The summed E-state index contributed by atoms with van der Waals surface area (Å²) in [5.41, 5.74) is -7.14. The normalized spacial score (nSPS) is 12.1. The second kappa shape index (κ2) is 16.5. The number of hydrogen-bond acceptors (Lipinski definition) is 2. The first-order chi connectivity index (χ1) is 26.2. The zero-order valence-electron chi connectivity index (χ0n) is 28.2. The van der Waals surface area contributed by atoms with Crippen molar-refractivity contribution in [3.05, 3.63) is 141 Å². The van der Waals surface area contributed by atoms with Gasteiger partial charge in [0.1, 0.15) is 52.0 Å². The highest BCUT2D eigenvalue weighted by Crippen LogP contribution is 2.43. The summed E-state index contributed by atoms with van der Waals surface area (Å²) in [7, 11) is 0. The SMILES string of the molecule is CCC/C=C/CCc1cc(F)c(-c2cc(F)c(-c3cc(F)c(C(F)(F)Oc4cc(F)c(-c5cc(F)c(OC(F)(F)F)c(F)c5)c(Cl)c4)c(F)c3)c(F)c2)c(F)c1. The molecule has 0 heterocycles. The van der Waals surface area contributed by atoms with E-state index in [0.717, 1.165) is 25.0 Å². The zero-order valence-corrected chi connectivity index (χ0v) is 29.0. The van der Waals surface area contributed by atoms with Crippen LogP contribution in [-0.2, 0) is 12.5 Å². The molecule has 0 N–H and O–H groups in total. The average molecular weight is 825 g/mol. The number of benzene rings is 5. The van der Waals surface area contributed by atoms with Crippen LogP contribution in [0.3, 0.4) is 0 Å². The van der Waals surface area contributed by atoms with Crippen LogP contribution < -0.4 is 9.47 Å². The van der Waals surface area contributed by atoms with E-state index in [2.05, 4.69) is 9.47 Å². The van der Waals surface area contributed by atoms with Crippen LogP contribution in [0.1, 0.15) is 37.3 Å². The third kappa shape index (κ3) is 9.23. The van der Waals surface area contributed by atoms with Gasteiger partial charge in [-0.3, -0.25) is 0 Å². The van der Waals surface area contributed by atoms with E-state index in [0.29, 0.717) is 24.6 Å². The maximum absolute atomic E-state index is 15.3. The minimum Gasteiger partial charge on any atom is -0.429 e. The van der Waals surface area contributed by atoms with Crippen LogP contribution in [-0.4, -0.2) is 6.36 Å². The van der Waals surface area contributed by atoms with Crippen LogP contribution in [0, 0.1) is 52.4 Å². The summed E-state index contributed by atoms with van der Waals surface area (Å²) in [6, 6.07) is 4.09. The summed E-state index contributed by atoms with van der Waals surface area (Å²) in [5, 5.41) is -0.907. The third-order valence-corrected chi connectivity index (χ3v) is 8.34. The van der Waals surface area contributed by atoms with Gasteiger partial charge in [-0.2, -0.15) is 8.78 Å². The van der Waals surface area contributed by atoms with Gasteiger partial charge in [-0.15, -0.1) is 13.2 Å². The second-order valence-corrected chi connectivity index (χ2v) is 12.5. The fraction of sp³-hybridized carbons (Fsp3) is 0.179. The topological polar surface area (TPSA) is 18.5 Å². The number of unbranched alkanes of at least 4 members (excludes halogenated alkanes) is 1. The maximum atomic E-state index is 15.3. The number of rotatable bonds is 12. The highest BCUT2D eigenvalue weighted by atomic mass is 35.5. The molecular formula is C39H23ClF14O2. The van der Waals surface area contributed by atoms with E-state index in [4.69, 9.17) is 11.6 Å². The molecule has 0 amide bonds. The summed E-state index contributed by atoms with van der Waals surface area (Å²) in [6.45, 7) is 1.97. The molecule has 56 heavy (non-hydrogen) atoms. The van der Waals surface area contributed by atoms with Crippen molar-refractivity contribution < 1.29 is 70.9 Å². The fourth-order valence-electron chi connectivity index (χ4n) is 5.69. The number of ether oxygens (including phenoxy) is 2. The van der Waals surface area contributed by atoms with Gasteiger partial charge >= 0.3 is 12.5 Å². The van der Waals surface area contributed by atoms with Crippen molar-refractivity contribution >= 4 is 11.6 Å². The lowest BCUT2D eigenvalue weighted by molar-refractivity contribution is -0.276. The van der Waals surface area contributed by atoms with E-state index in [1.165, 1.54) is 0 Å². The van der Waals surface area contributed by atoms with E-state index in [-0.39, 0.29) is 42.3 Å². The van der Waals surface area contributed by atoms with Crippen LogP contribution in [0.25, 0.3) is 33.4 Å². The Hall–Kier alpha value is -5.25. The summed E-state index contributed by atoms with van der Waals surface area (Å²) in [4.78, 5) is 0. The zero-order chi connectivity index (χ0) is 41.3. The van der Waals surface area contributed by atoms with E-state index < -0.39 is 120 Å². The number of aryl methyl sites for hydroxylation is 1. The molecule has 296 valence electrons. The summed E-state index contributed by atoms with van der Waals surface area (Å²) < 4.78 is 210. The van der Waals surface area contributed by atoms with E-state index in [9.17, 15) is 30.7 Å². The maximum Gasteiger partial charge on any atom is 0.573 e. The molecule has 0 aliphatic rings. The minimum atomic E-state index is -5.50. The second-order valence-electron chi connectivity index (χ2n) is 12.1. The molecule has 0 aliphatic carbocycles. The Bertz CT molecular complexity index is 2210. The number of alkyl halides is 5. The fourth-order valence-corrected chi connectivity index (χ4v) is 5.99. The van der Waals surface area contributed by atoms with E-state index in [1.54, 1.807) is 0 Å². The molecule has 0 aliphatic heterocycles. The Morgan fingerprint density at radius 1 is 0.518 bits per heavy atom. The lowest BCUT2D eigenvalue weighted by atomic mass is 9.96. The number of halogens is 15. The molecule has 0 atom stereocenters. The van der Waals surface area contributed by atoms with Crippen LogP contribution in [0.15, 0.2) is 72.8 Å². The van der Waals surface area contributed by atoms with Gasteiger partial charge in [0.15, 0.2) is 11.6 Å². The van der Waals surface area contributed by atoms with Crippen molar-refractivity contribution in [2.45, 2.75) is 45.1 Å². The van der Waals surface area contributed by atoms with E-state index >= 15 is 30.7 Å². The molecule has 0 fully saturated rings. The first-order valence-electron chi connectivity index (χ1n) is 16.1. The molecule has 2 nitrogen and oxygen atoms in total. The number of allylic oxidation sites excluding steroid dienone is 2. The van der Waals surface area contributed by atoms with Crippen molar-refractivity contribution in [3.8, 4) is 44.9 Å². The third-order valence-electron chi connectivity index (χ3n) is 8.04. The summed E-state index contributed by atoms with van der Waals surface area (Å²) >= 11 is 5.90. The van der Waals surface area contributed by atoms with Gasteiger partial charge in [0.05, 0.1) is 16.1 Å². The van der Waals surface area contributed by atoms with Gasteiger partial charge in [0.2, 0.25) is 5.75 Å². The molecule has 0 bridgehead atoms. The van der Waals surface area contributed by atoms with Crippen molar-refractivity contribution in [1.82, 2.24) is 0 Å². The molecule has 5 aromatic carbocycles. The standard InChI is InChI=1S/C39H23ClF14O2/c1-2-3-4-5-6-7-18-8-24(41)34(25(42)9-18)20-10-26(43)35(27(44)11-20)21-12-29(46)36(30(47)13-21)38(50,51)55-22-16-23(40)33(28(45)17-22)19-14-31(48)37(32(49)15-19)56-39(52,53)54/h4-5,8-17H,2-3,6-7H2,1H3/b5-4+. The Kier molecular flexibility index (Phi) is 12.3. The molecular weight excluding hydrogens is 802 g/mol. The predicted molar refractivity (Wildman–Crippen MR) is 177 cm³/mol. The molecule has 0 radical (unpaired) electrons. The summed E-state index contributed by atoms with van der Waals surface area (Å²) in [6.07, 6.45) is -4.29. The largest absolute Gasteiger partial charge is 0.573 e. The van der Waals surface area contributed by atoms with Gasteiger partial charge in [-0.05, 0) is 96.1 Å². The molecule has 0 unspecified atom stereocenters. The van der Waals surface area contributed by atoms with Crippen LogP contribution in [0.4, 0.5) is 61.5 Å². The van der Waals surface area contributed by atoms with Gasteiger partial charge in [-0.25, -0.2) is 39.5 Å². The lowest BCUT2D eigenvalue weighted by Crippen LogP contribution is -2.25. The number of hydrogen-bond donors (Lipinski definition) is 0. The monoisotopic (exact) mass is 824 g/mol. The quantitative estimate of drug-likeness (QED) is 0.0922. The van der Waals surface area contributed by atoms with E-state index in [1.807, 2.05) is 19.1 Å². The Morgan fingerprint density at radius 2 is 0.946 bits per heavy atom. The van der Waals surface area contributed by atoms with Crippen LogP contribution >= 0.6 is 11.6 Å². The van der Waals surface area contributed by atoms with Gasteiger partial charge in [-0.1, -0.05) is 37.1 Å². The molecule has 0 saturated heterocycles. The highest BCUT2D eigenvalue weighted by molar-refractivity contribution is 6.33. The lowest BCUT2D eigenvalue weighted by Gasteiger charge is -2.21. The summed E-state index contributed by atoms with van der Waals surface area (Å²) in [5.74, 6) is -18.3. The molecule has 0 spiro atoms. The molecule has 5 aromatic rings. The molecule has 17 heteroatoms. The van der Waals surface area contributed by atoms with Gasteiger partial charge < -0.3 is 9.47 Å². The van der Waals surface area contributed by atoms with Gasteiger partial charge in [0, 0.05) is 11.6 Å². The van der Waals surface area contributed by atoms with Crippen molar-refractivity contribution in [3.63, 3.8) is 0 Å². The minimum absolute atomic E-state index is 0.105. The van der Waals surface area contributed by atoms with Crippen molar-refractivity contribution in [1.29, 1.82) is 0 Å². The van der Waals surface area contributed by atoms with Crippen molar-refractivity contribution in [2.75, 3.05) is 0 Å². The Labute approximate surface area is 313 Å². The smallest absolute Gasteiger partial charge is 0.429 e. The van der Waals surface area contributed by atoms with Gasteiger partial charge in [0.25, 0.3) is 0 Å². The molecule has 0 aromatic heterocycles. The Morgan fingerprint density at radius 3 is 1.43 bits per heavy atom.